The van der Waals surface area contributed by atoms with E-state index in [0.29, 0.717) is 5.56 Å². The van der Waals surface area contributed by atoms with Crippen LogP contribution in [-0.2, 0) is 0 Å². The summed E-state index contributed by atoms with van der Waals surface area (Å²) in [4.78, 5) is 11.2. The van der Waals surface area contributed by atoms with Gasteiger partial charge in [-0.3, -0.25) is 0 Å². The maximum Gasteiger partial charge on any atom is 0.339 e. The molecule has 0 heterocycles. The Balaban J connectivity index is 2.83. The third kappa shape index (κ3) is 3.98. The van der Waals surface area contributed by atoms with E-state index < -0.39 is 5.97 Å². The molecule has 3 heteroatoms. The highest BCUT2D eigenvalue weighted by molar-refractivity contribution is 5.93. The second-order valence-electron chi connectivity index (χ2n) is 5.25. The van der Waals surface area contributed by atoms with Gasteiger partial charge < -0.3 is 10.2 Å². The average molecular weight is 264 g/mol. The molecule has 0 saturated carbocycles. The zero-order chi connectivity index (χ0) is 14.4. The number of carboxylic acid groups (broad SMARTS) is 1. The number of aromatic carboxylic acids is 1. The van der Waals surface area contributed by atoms with Gasteiger partial charge in [-0.2, -0.15) is 0 Å². The number of unbranched alkanes of at least 4 members (excludes halogenated alkanes) is 3. The summed E-state index contributed by atoms with van der Waals surface area (Å²) in [5, 5.41) is 19.3. The van der Waals surface area contributed by atoms with E-state index in [0.717, 1.165) is 18.4 Å². The van der Waals surface area contributed by atoms with Gasteiger partial charge >= 0.3 is 5.97 Å². The zero-order valence-electron chi connectivity index (χ0n) is 12.1. The first kappa shape index (κ1) is 15.5. The van der Waals surface area contributed by atoms with Crippen molar-refractivity contribution in [2.75, 3.05) is 0 Å². The van der Waals surface area contributed by atoms with Crippen LogP contribution >= 0.6 is 0 Å². The van der Waals surface area contributed by atoms with Gasteiger partial charge in [-0.25, -0.2) is 4.79 Å². The van der Waals surface area contributed by atoms with Crippen LogP contribution in [0.1, 0.15) is 73.4 Å². The Morgan fingerprint density at radius 2 is 1.95 bits per heavy atom. The molecule has 1 atom stereocenters. The summed E-state index contributed by atoms with van der Waals surface area (Å²) < 4.78 is 0. The molecule has 0 aromatic heterocycles. The first-order valence-corrected chi connectivity index (χ1v) is 7.04. The Hall–Kier alpha value is -1.51. The number of hydrogen-bond acceptors (Lipinski definition) is 2. The molecule has 0 amide bonds. The van der Waals surface area contributed by atoms with Crippen LogP contribution in [0.25, 0.3) is 0 Å². The van der Waals surface area contributed by atoms with Crippen LogP contribution in [0.3, 0.4) is 0 Å². The highest BCUT2D eigenvalue weighted by Gasteiger charge is 2.19. The largest absolute Gasteiger partial charge is 0.507 e. The van der Waals surface area contributed by atoms with Crippen molar-refractivity contribution in [1.82, 2.24) is 0 Å². The molecule has 0 radical (unpaired) electrons. The minimum atomic E-state index is -1.06. The van der Waals surface area contributed by atoms with Crippen LogP contribution in [0.5, 0.6) is 5.75 Å². The molecule has 19 heavy (non-hydrogen) atoms. The summed E-state index contributed by atoms with van der Waals surface area (Å²) in [6.07, 6.45) is 5.72. The molecule has 0 spiro atoms. The van der Waals surface area contributed by atoms with Gasteiger partial charge in [0.15, 0.2) is 0 Å². The first-order chi connectivity index (χ1) is 8.99. The van der Waals surface area contributed by atoms with E-state index in [-0.39, 0.29) is 17.2 Å². The normalized spacial score (nSPS) is 12.4. The lowest BCUT2D eigenvalue weighted by Gasteiger charge is -2.16. The third-order valence-corrected chi connectivity index (χ3v) is 3.65. The molecular formula is C16H24O3. The van der Waals surface area contributed by atoms with Gasteiger partial charge in [-0.05, 0) is 30.4 Å². The predicted molar refractivity (Wildman–Crippen MR) is 77.0 cm³/mol. The summed E-state index contributed by atoms with van der Waals surface area (Å²) in [6, 6.07) is 3.63. The molecule has 1 unspecified atom stereocenters. The van der Waals surface area contributed by atoms with Crippen LogP contribution < -0.4 is 0 Å². The Labute approximate surface area is 115 Å². The summed E-state index contributed by atoms with van der Waals surface area (Å²) >= 11 is 0. The predicted octanol–water partition coefficient (Wildman–Crippen LogP) is 4.47. The summed E-state index contributed by atoms with van der Waals surface area (Å²) in [5.74, 6) is -0.930. The van der Waals surface area contributed by atoms with Crippen molar-refractivity contribution in [3.63, 3.8) is 0 Å². The van der Waals surface area contributed by atoms with E-state index in [1.165, 1.54) is 19.3 Å². The van der Waals surface area contributed by atoms with Crippen LogP contribution in [-0.4, -0.2) is 16.2 Å². The van der Waals surface area contributed by atoms with Crippen molar-refractivity contribution in [1.29, 1.82) is 0 Å². The Kier molecular flexibility index (Phi) is 5.87. The highest BCUT2D eigenvalue weighted by Crippen LogP contribution is 2.33. The number of hydrogen-bond donors (Lipinski definition) is 2. The van der Waals surface area contributed by atoms with Gasteiger partial charge in [0.25, 0.3) is 0 Å². The Bertz CT molecular complexity index is 438. The Morgan fingerprint density at radius 1 is 1.26 bits per heavy atom. The van der Waals surface area contributed by atoms with Crippen molar-refractivity contribution in [2.45, 2.75) is 58.8 Å². The second-order valence-corrected chi connectivity index (χ2v) is 5.25. The summed E-state index contributed by atoms with van der Waals surface area (Å²) in [6.45, 7) is 5.93. The molecule has 0 bridgehead atoms. The van der Waals surface area contributed by atoms with Gasteiger partial charge in [0.2, 0.25) is 0 Å². The monoisotopic (exact) mass is 264 g/mol. The van der Waals surface area contributed by atoms with Gasteiger partial charge in [-0.15, -0.1) is 0 Å². The summed E-state index contributed by atoms with van der Waals surface area (Å²) in [5.41, 5.74) is 1.39. The number of aryl methyl sites for hydroxylation is 1. The Morgan fingerprint density at radius 3 is 2.53 bits per heavy atom. The number of rotatable bonds is 7. The van der Waals surface area contributed by atoms with Crippen molar-refractivity contribution >= 4 is 5.97 Å². The summed E-state index contributed by atoms with van der Waals surface area (Å²) in [7, 11) is 0. The molecule has 0 saturated heterocycles. The van der Waals surface area contributed by atoms with Crippen LogP contribution in [0.2, 0.25) is 0 Å². The molecule has 1 rings (SSSR count). The molecule has 2 N–H and O–H groups in total. The number of aromatic hydroxyl groups is 1. The maximum atomic E-state index is 11.2. The molecule has 0 aliphatic rings. The van der Waals surface area contributed by atoms with E-state index in [1.54, 1.807) is 13.0 Å². The van der Waals surface area contributed by atoms with Crippen LogP contribution in [0.4, 0.5) is 0 Å². The average Bonchev–Trinajstić information content (AvgIpc) is 2.34. The fourth-order valence-corrected chi connectivity index (χ4v) is 2.41. The van der Waals surface area contributed by atoms with Crippen molar-refractivity contribution in [2.24, 2.45) is 0 Å². The molecule has 3 nitrogen and oxygen atoms in total. The van der Waals surface area contributed by atoms with E-state index in [2.05, 4.69) is 6.92 Å². The van der Waals surface area contributed by atoms with Crippen molar-refractivity contribution < 1.29 is 15.0 Å². The standard InChI is InChI=1S/C16H24O3/c1-4-5-6-7-8-11(2)13-10-9-12(3)14(15(13)17)16(18)19/h9-11,17H,4-8H2,1-3H3,(H,18,19). The van der Waals surface area contributed by atoms with E-state index >= 15 is 0 Å². The molecule has 1 aromatic rings. The van der Waals surface area contributed by atoms with E-state index in [1.807, 2.05) is 13.0 Å². The minimum Gasteiger partial charge on any atom is -0.507 e. The van der Waals surface area contributed by atoms with Gasteiger partial charge in [0.05, 0.1) is 0 Å². The van der Waals surface area contributed by atoms with E-state index in [4.69, 9.17) is 5.11 Å². The lowest BCUT2D eigenvalue weighted by Crippen LogP contribution is -2.04. The quantitative estimate of drug-likeness (QED) is 0.714. The van der Waals surface area contributed by atoms with Gasteiger partial charge in [0, 0.05) is 0 Å². The zero-order valence-corrected chi connectivity index (χ0v) is 12.1. The SMILES string of the molecule is CCCCCCC(C)c1ccc(C)c(C(=O)O)c1O. The van der Waals surface area contributed by atoms with Crippen molar-refractivity contribution in [3.8, 4) is 5.75 Å². The van der Waals surface area contributed by atoms with E-state index in [9.17, 15) is 9.90 Å². The van der Waals surface area contributed by atoms with Gasteiger partial charge in [0.1, 0.15) is 11.3 Å². The first-order valence-electron chi connectivity index (χ1n) is 7.04. The lowest BCUT2D eigenvalue weighted by molar-refractivity contribution is 0.0692. The number of carbonyl (C=O) groups is 1. The fourth-order valence-electron chi connectivity index (χ4n) is 2.41. The molecule has 0 aliphatic carbocycles. The van der Waals surface area contributed by atoms with Crippen LogP contribution in [0, 0.1) is 6.92 Å². The second kappa shape index (κ2) is 7.17. The molecule has 1 aromatic carbocycles. The van der Waals surface area contributed by atoms with Gasteiger partial charge in [-0.1, -0.05) is 51.7 Å². The third-order valence-electron chi connectivity index (χ3n) is 3.65. The molecular weight excluding hydrogens is 240 g/mol. The maximum absolute atomic E-state index is 11.2. The minimum absolute atomic E-state index is 0.0397. The number of phenols is 1. The number of carboxylic acids is 1. The van der Waals surface area contributed by atoms with Crippen molar-refractivity contribution in [3.05, 3.63) is 28.8 Å². The fraction of sp³-hybridized carbons (Fsp3) is 0.562. The van der Waals surface area contributed by atoms with Crippen LogP contribution in [0.15, 0.2) is 12.1 Å². The molecule has 106 valence electrons. The lowest BCUT2D eigenvalue weighted by atomic mass is 9.91. The molecule has 0 fully saturated rings. The smallest absolute Gasteiger partial charge is 0.339 e. The number of benzene rings is 1. The topological polar surface area (TPSA) is 57.5 Å². The highest BCUT2D eigenvalue weighted by atomic mass is 16.4. The molecule has 0 aliphatic heterocycles.